The molecule has 0 bridgehead atoms. The molecule has 0 unspecified atom stereocenters. The number of rotatable bonds is 3. The van der Waals surface area contributed by atoms with Crippen LogP contribution in [0, 0.1) is 0 Å². The van der Waals surface area contributed by atoms with Crippen molar-refractivity contribution >= 4 is 33.0 Å². The van der Waals surface area contributed by atoms with Gasteiger partial charge in [0.2, 0.25) is 5.78 Å². The van der Waals surface area contributed by atoms with Crippen molar-refractivity contribution in [3.63, 3.8) is 0 Å². The molecule has 0 spiro atoms. The van der Waals surface area contributed by atoms with Crippen molar-refractivity contribution in [1.82, 2.24) is 15.0 Å². The lowest BCUT2D eigenvalue weighted by Gasteiger charge is -1.98. The van der Waals surface area contributed by atoms with Crippen LogP contribution in [0.15, 0.2) is 22.4 Å². The van der Waals surface area contributed by atoms with Gasteiger partial charge in [-0.2, -0.15) is 0 Å². The first kappa shape index (κ1) is 11.2. The topological polar surface area (TPSA) is 65.0 Å². The van der Waals surface area contributed by atoms with Gasteiger partial charge >= 0.3 is 6.01 Å². The average Bonchev–Trinajstić information content (AvgIpc) is 2.75. The second-order valence-electron chi connectivity index (χ2n) is 2.76. The van der Waals surface area contributed by atoms with Crippen LogP contribution in [0.3, 0.4) is 0 Å². The van der Waals surface area contributed by atoms with E-state index < -0.39 is 0 Å². The van der Waals surface area contributed by atoms with Gasteiger partial charge < -0.3 is 4.74 Å². The predicted octanol–water partition coefficient (Wildman–Crippen LogP) is 1.94. The molecule has 0 aliphatic carbocycles. The summed E-state index contributed by atoms with van der Waals surface area (Å²) >= 11 is 4.46. The minimum atomic E-state index is -0.196. The van der Waals surface area contributed by atoms with E-state index in [1.165, 1.54) is 30.8 Å². The van der Waals surface area contributed by atoms with Crippen LogP contribution in [-0.4, -0.2) is 27.8 Å². The molecule has 0 aromatic carbocycles. The van der Waals surface area contributed by atoms with Gasteiger partial charge in [0.1, 0.15) is 4.60 Å². The van der Waals surface area contributed by atoms with E-state index in [1.54, 1.807) is 5.38 Å². The molecule has 0 N–H and O–H groups in total. The first-order valence-corrected chi connectivity index (χ1v) is 5.89. The monoisotopic (exact) mass is 299 g/mol. The number of methoxy groups -OCH3 is 1. The van der Waals surface area contributed by atoms with Crippen LogP contribution < -0.4 is 4.74 Å². The molecule has 0 saturated carbocycles. The molecule has 0 amide bonds. The largest absolute Gasteiger partial charge is 0.467 e. The highest BCUT2D eigenvalue weighted by molar-refractivity contribution is 9.10. The standard InChI is InChI=1S/C9H6BrN3O2S/c1-15-9-11-2-5(3-12-9)7(14)8-13-6(10)4-16-8/h2-4H,1H3. The molecule has 82 valence electrons. The highest BCUT2D eigenvalue weighted by atomic mass is 79.9. The molecule has 2 aromatic heterocycles. The Bertz CT molecular complexity index is 512. The maximum absolute atomic E-state index is 11.9. The van der Waals surface area contributed by atoms with Gasteiger partial charge in [-0.15, -0.1) is 11.3 Å². The van der Waals surface area contributed by atoms with Crippen molar-refractivity contribution in [3.05, 3.63) is 32.9 Å². The maximum Gasteiger partial charge on any atom is 0.316 e. The summed E-state index contributed by atoms with van der Waals surface area (Å²) in [5.74, 6) is -0.196. The number of hydrogen-bond donors (Lipinski definition) is 0. The van der Waals surface area contributed by atoms with Crippen molar-refractivity contribution in [2.75, 3.05) is 7.11 Å². The summed E-state index contributed by atoms with van der Waals surface area (Å²) in [4.78, 5) is 23.6. The molecule has 16 heavy (non-hydrogen) atoms. The summed E-state index contributed by atoms with van der Waals surface area (Å²) in [5, 5.41) is 2.15. The fraction of sp³-hybridized carbons (Fsp3) is 0.111. The lowest BCUT2D eigenvalue weighted by atomic mass is 10.2. The van der Waals surface area contributed by atoms with E-state index in [4.69, 9.17) is 4.74 Å². The van der Waals surface area contributed by atoms with Crippen molar-refractivity contribution in [2.45, 2.75) is 0 Å². The zero-order chi connectivity index (χ0) is 11.5. The van der Waals surface area contributed by atoms with E-state index in [2.05, 4.69) is 30.9 Å². The average molecular weight is 300 g/mol. The highest BCUT2D eigenvalue weighted by Crippen LogP contribution is 2.18. The molecule has 0 atom stereocenters. The number of ketones is 1. The summed E-state index contributed by atoms with van der Waals surface area (Å²) in [6.45, 7) is 0. The summed E-state index contributed by atoms with van der Waals surface area (Å²) in [6.07, 6.45) is 2.84. The van der Waals surface area contributed by atoms with Crippen molar-refractivity contribution in [2.24, 2.45) is 0 Å². The quantitative estimate of drug-likeness (QED) is 0.810. The van der Waals surface area contributed by atoms with Crippen LogP contribution >= 0.6 is 27.3 Å². The van der Waals surface area contributed by atoms with E-state index >= 15 is 0 Å². The van der Waals surface area contributed by atoms with Gasteiger partial charge in [0.05, 0.1) is 12.7 Å². The van der Waals surface area contributed by atoms with Gasteiger partial charge in [-0.25, -0.2) is 15.0 Å². The zero-order valence-corrected chi connectivity index (χ0v) is 10.6. The summed E-state index contributed by atoms with van der Waals surface area (Å²) < 4.78 is 5.45. The van der Waals surface area contributed by atoms with E-state index in [0.717, 1.165) is 0 Å². The lowest BCUT2D eigenvalue weighted by Crippen LogP contribution is -2.03. The number of nitrogens with zero attached hydrogens (tertiary/aromatic N) is 3. The second-order valence-corrected chi connectivity index (χ2v) is 4.43. The van der Waals surface area contributed by atoms with Gasteiger partial charge in [-0.3, -0.25) is 4.79 Å². The first-order chi connectivity index (χ1) is 7.70. The number of thiazole rings is 1. The highest BCUT2D eigenvalue weighted by Gasteiger charge is 2.14. The summed E-state index contributed by atoms with van der Waals surface area (Å²) in [5.41, 5.74) is 0.391. The number of aromatic nitrogens is 3. The number of carbonyl (C=O) groups excluding carboxylic acids is 1. The minimum absolute atomic E-state index is 0.196. The van der Waals surface area contributed by atoms with Crippen molar-refractivity contribution < 1.29 is 9.53 Å². The molecule has 0 aliphatic rings. The van der Waals surface area contributed by atoms with E-state index in [-0.39, 0.29) is 11.8 Å². The molecule has 2 rings (SSSR count). The molecule has 2 heterocycles. The molecule has 7 heteroatoms. The molecular formula is C9H6BrN3O2S. The van der Waals surface area contributed by atoms with Crippen LogP contribution in [0.2, 0.25) is 0 Å². The number of ether oxygens (including phenoxy) is 1. The van der Waals surface area contributed by atoms with Gasteiger partial charge in [0.25, 0.3) is 0 Å². The Hall–Kier alpha value is -1.34. The third kappa shape index (κ3) is 2.25. The Morgan fingerprint density at radius 1 is 1.44 bits per heavy atom. The number of hydrogen-bond acceptors (Lipinski definition) is 6. The fourth-order valence-electron chi connectivity index (χ4n) is 1.02. The molecule has 0 radical (unpaired) electrons. The fourth-order valence-corrected chi connectivity index (χ4v) is 2.23. The Labute approximate surface area is 104 Å². The van der Waals surface area contributed by atoms with E-state index in [0.29, 0.717) is 15.2 Å². The SMILES string of the molecule is COc1ncc(C(=O)c2nc(Br)cs2)cn1. The van der Waals surface area contributed by atoms with Crippen molar-refractivity contribution in [3.8, 4) is 6.01 Å². The predicted molar refractivity (Wildman–Crippen MR) is 61.8 cm³/mol. The molecule has 0 aliphatic heterocycles. The maximum atomic E-state index is 11.9. The van der Waals surface area contributed by atoms with E-state index in [1.807, 2.05) is 0 Å². The Morgan fingerprint density at radius 2 is 2.12 bits per heavy atom. The molecule has 5 nitrogen and oxygen atoms in total. The van der Waals surface area contributed by atoms with Gasteiger partial charge in [0, 0.05) is 17.8 Å². The first-order valence-electron chi connectivity index (χ1n) is 4.22. The molecule has 2 aromatic rings. The van der Waals surface area contributed by atoms with Crippen LogP contribution in [0.25, 0.3) is 0 Å². The molecular weight excluding hydrogens is 294 g/mol. The third-order valence-electron chi connectivity index (χ3n) is 1.74. The van der Waals surface area contributed by atoms with Gasteiger partial charge in [-0.1, -0.05) is 0 Å². The van der Waals surface area contributed by atoms with Crippen molar-refractivity contribution in [1.29, 1.82) is 0 Å². The van der Waals surface area contributed by atoms with Gasteiger partial charge in [0.15, 0.2) is 5.01 Å². The van der Waals surface area contributed by atoms with Gasteiger partial charge in [-0.05, 0) is 15.9 Å². The molecule has 0 saturated heterocycles. The minimum Gasteiger partial charge on any atom is -0.467 e. The van der Waals surface area contributed by atoms with Crippen LogP contribution in [0.4, 0.5) is 0 Å². The second kappa shape index (κ2) is 4.67. The van der Waals surface area contributed by atoms with Crippen LogP contribution in [0.5, 0.6) is 6.01 Å². The lowest BCUT2D eigenvalue weighted by molar-refractivity contribution is 0.103. The smallest absolute Gasteiger partial charge is 0.316 e. The molecule has 0 fully saturated rings. The van der Waals surface area contributed by atoms with Crippen LogP contribution in [0.1, 0.15) is 15.4 Å². The normalized spacial score (nSPS) is 10.1. The van der Waals surface area contributed by atoms with Crippen LogP contribution in [-0.2, 0) is 0 Å². The number of halogens is 1. The Morgan fingerprint density at radius 3 is 2.62 bits per heavy atom. The Kier molecular flexibility index (Phi) is 3.25. The summed E-state index contributed by atoms with van der Waals surface area (Å²) in [7, 11) is 1.47. The summed E-state index contributed by atoms with van der Waals surface area (Å²) in [6, 6.07) is 0.233. The Balaban J connectivity index is 2.27. The third-order valence-corrected chi connectivity index (χ3v) is 3.29. The van der Waals surface area contributed by atoms with E-state index in [9.17, 15) is 4.79 Å². The number of carbonyl (C=O) groups is 1. The zero-order valence-electron chi connectivity index (χ0n) is 8.18.